The monoisotopic (exact) mass is 397 g/mol. The number of halogens is 1. The Morgan fingerprint density at radius 2 is 1.66 bits per heavy atom. The van der Waals surface area contributed by atoms with E-state index in [1.54, 1.807) is 31.2 Å². The van der Waals surface area contributed by atoms with E-state index in [0.717, 1.165) is 0 Å². The lowest BCUT2D eigenvalue weighted by molar-refractivity contribution is -0.136. The molecule has 1 amide bonds. The normalized spacial score (nSPS) is 15.1. The van der Waals surface area contributed by atoms with Crippen molar-refractivity contribution >= 4 is 23.6 Å². The maximum absolute atomic E-state index is 13.3. The Morgan fingerprint density at radius 3 is 2.24 bits per heavy atom. The molecular weight excluding hydrogens is 377 g/mol. The van der Waals surface area contributed by atoms with Gasteiger partial charge in [-0.3, -0.25) is 9.69 Å². The lowest BCUT2D eigenvalue weighted by Crippen LogP contribution is -2.24. The summed E-state index contributed by atoms with van der Waals surface area (Å²) in [5.74, 6) is -0.434. The van der Waals surface area contributed by atoms with Crippen LogP contribution in [0.1, 0.15) is 12.5 Å². The number of carbonyl (C=O) groups is 2. The van der Waals surface area contributed by atoms with Crippen molar-refractivity contribution in [2.75, 3.05) is 26.2 Å². The second-order valence-corrected chi connectivity index (χ2v) is 6.24. The number of amides is 1. The molecule has 0 N–H and O–H groups in total. The first-order valence-electron chi connectivity index (χ1n) is 8.74. The van der Waals surface area contributed by atoms with Crippen LogP contribution in [0, 0.1) is 5.82 Å². The van der Waals surface area contributed by atoms with Gasteiger partial charge < -0.3 is 14.2 Å². The summed E-state index contributed by atoms with van der Waals surface area (Å²) >= 11 is 0. The highest BCUT2D eigenvalue weighted by Gasteiger charge is 2.37. The molecule has 150 valence electrons. The van der Waals surface area contributed by atoms with E-state index >= 15 is 0 Å². The van der Waals surface area contributed by atoms with Crippen LogP contribution in [-0.4, -0.2) is 33.2 Å². The van der Waals surface area contributed by atoms with Gasteiger partial charge in [-0.25, -0.2) is 9.18 Å². The van der Waals surface area contributed by atoms with Gasteiger partial charge in [0.1, 0.15) is 5.82 Å². The minimum atomic E-state index is -0.632. The van der Waals surface area contributed by atoms with Crippen molar-refractivity contribution in [2.24, 2.45) is 0 Å². The van der Waals surface area contributed by atoms with Crippen LogP contribution in [0.15, 0.2) is 59.3 Å². The topological polar surface area (TPSA) is 65.1 Å². The third-order valence-corrected chi connectivity index (χ3v) is 4.59. The largest absolute Gasteiger partial charge is 0.493 e. The highest BCUT2D eigenvalue weighted by Crippen LogP contribution is 2.36. The molecule has 1 aliphatic heterocycles. The summed E-state index contributed by atoms with van der Waals surface area (Å²) in [6.07, 6.45) is 1.59. The Morgan fingerprint density at radius 1 is 1.00 bits per heavy atom. The molecule has 0 saturated heterocycles. The van der Waals surface area contributed by atoms with Gasteiger partial charge in [0.2, 0.25) is 0 Å². The second-order valence-electron chi connectivity index (χ2n) is 6.24. The molecule has 0 unspecified atom stereocenters. The van der Waals surface area contributed by atoms with Crippen molar-refractivity contribution in [3.8, 4) is 11.5 Å². The number of carbonyl (C=O) groups excluding carboxylic acids is 2. The van der Waals surface area contributed by atoms with Gasteiger partial charge in [0.15, 0.2) is 11.5 Å². The summed E-state index contributed by atoms with van der Waals surface area (Å²) in [6.45, 7) is 1.64. The molecular formula is C22H20FNO5. The van der Waals surface area contributed by atoms with Crippen LogP contribution in [0.3, 0.4) is 0 Å². The predicted molar refractivity (Wildman–Crippen MR) is 106 cm³/mol. The van der Waals surface area contributed by atoms with Gasteiger partial charge in [0.25, 0.3) is 5.91 Å². The quantitative estimate of drug-likeness (QED) is 0.568. The zero-order chi connectivity index (χ0) is 21.1. The van der Waals surface area contributed by atoms with E-state index in [2.05, 4.69) is 0 Å². The Hall–Kier alpha value is -3.61. The molecule has 6 nitrogen and oxygen atoms in total. The number of allylic oxidation sites excluding steroid dienone is 1. The van der Waals surface area contributed by atoms with E-state index in [4.69, 9.17) is 14.2 Å². The van der Waals surface area contributed by atoms with Gasteiger partial charge in [-0.2, -0.15) is 0 Å². The molecule has 0 fully saturated rings. The number of hydrogen-bond donors (Lipinski definition) is 0. The fourth-order valence-corrected chi connectivity index (χ4v) is 3.19. The number of methoxy groups -OCH3 is 3. The number of rotatable bonds is 5. The molecule has 0 radical (unpaired) electrons. The molecule has 2 aromatic carbocycles. The molecule has 0 saturated carbocycles. The van der Waals surface area contributed by atoms with Crippen molar-refractivity contribution in [1.82, 2.24) is 0 Å². The third-order valence-electron chi connectivity index (χ3n) is 4.59. The first-order valence-corrected chi connectivity index (χ1v) is 8.74. The van der Waals surface area contributed by atoms with Crippen molar-refractivity contribution in [1.29, 1.82) is 0 Å². The van der Waals surface area contributed by atoms with Gasteiger partial charge in [-0.05, 0) is 55.0 Å². The Labute approximate surface area is 167 Å². The molecule has 0 aliphatic carbocycles. The van der Waals surface area contributed by atoms with E-state index in [0.29, 0.717) is 28.4 Å². The van der Waals surface area contributed by atoms with Gasteiger partial charge in [-0.1, -0.05) is 6.07 Å². The minimum absolute atomic E-state index is 0.150. The minimum Gasteiger partial charge on any atom is -0.493 e. The lowest BCUT2D eigenvalue weighted by atomic mass is 10.0. The number of hydrogen-bond acceptors (Lipinski definition) is 5. The Bertz CT molecular complexity index is 1020. The summed E-state index contributed by atoms with van der Waals surface area (Å²) in [6, 6.07) is 10.6. The highest BCUT2D eigenvalue weighted by molar-refractivity contribution is 6.23. The SMILES string of the molecule is COC(=O)C1=C(C)N(c2ccc(F)cc2)C(=O)/C1=C\c1ccc(OC)c(OC)c1. The molecule has 2 aromatic rings. The smallest absolute Gasteiger partial charge is 0.340 e. The van der Waals surface area contributed by atoms with Gasteiger partial charge in [0.05, 0.1) is 32.5 Å². The average Bonchev–Trinajstić information content (AvgIpc) is 2.97. The number of benzene rings is 2. The predicted octanol–water partition coefficient (Wildman–Crippen LogP) is 3.72. The molecule has 1 heterocycles. The third kappa shape index (κ3) is 3.71. The van der Waals surface area contributed by atoms with Crippen molar-refractivity contribution in [3.05, 3.63) is 70.7 Å². The summed E-state index contributed by atoms with van der Waals surface area (Å²) in [4.78, 5) is 27.0. The van der Waals surface area contributed by atoms with Crippen LogP contribution in [0.25, 0.3) is 6.08 Å². The average molecular weight is 397 g/mol. The van der Waals surface area contributed by atoms with Crippen LogP contribution < -0.4 is 14.4 Å². The highest BCUT2D eigenvalue weighted by atomic mass is 19.1. The molecule has 7 heteroatoms. The number of anilines is 1. The lowest BCUT2D eigenvalue weighted by Gasteiger charge is -2.17. The summed E-state index contributed by atoms with van der Waals surface area (Å²) in [5.41, 5.74) is 1.81. The van der Waals surface area contributed by atoms with E-state index in [-0.39, 0.29) is 11.1 Å². The molecule has 0 spiro atoms. The molecule has 0 atom stereocenters. The first-order chi connectivity index (χ1) is 13.9. The summed E-state index contributed by atoms with van der Waals surface area (Å²) in [7, 11) is 4.29. The van der Waals surface area contributed by atoms with Crippen molar-refractivity contribution < 1.29 is 28.2 Å². The molecule has 0 aromatic heterocycles. The molecule has 3 rings (SSSR count). The van der Waals surface area contributed by atoms with Gasteiger partial charge in [0, 0.05) is 11.4 Å². The zero-order valence-electron chi connectivity index (χ0n) is 16.5. The van der Waals surface area contributed by atoms with Gasteiger partial charge in [-0.15, -0.1) is 0 Å². The maximum Gasteiger partial charge on any atom is 0.340 e. The zero-order valence-corrected chi connectivity index (χ0v) is 16.5. The Kier molecular flexibility index (Phi) is 5.68. The fourth-order valence-electron chi connectivity index (χ4n) is 3.19. The van der Waals surface area contributed by atoms with Crippen molar-refractivity contribution in [2.45, 2.75) is 6.92 Å². The van der Waals surface area contributed by atoms with E-state index in [1.165, 1.54) is 50.5 Å². The van der Waals surface area contributed by atoms with Crippen LogP contribution >= 0.6 is 0 Å². The Balaban J connectivity index is 2.12. The standard InChI is InChI=1S/C22H20FNO5/c1-13-20(22(26)29-4)17(11-14-5-10-18(27-2)19(12-14)28-3)21(25)24(13)16-8-6-15(23)7-9-16/h5-12H,1-4H3/b17-11-. The number of esters is 1. The van der Waals surface area contributed by atoms with Crippen LogP contribution in [0.4, 0.5) is 10.1 Å². The van der Waals surface area contributed by atoms with E-state index < -0.39 is 17.7 Å². The summed E-state index contributed by atoms with van der Waals surface area (Å²) < 4.78 is 28.7. The van der Waals surface area contributed by atoms with E-state index in [1.807, 2.05) is 0 Å². The van der Waals surface area contributed by atoms with Crippen LogP contribution in [-0.2, 0) is 14.3 Å². The molecule has 29 heavy (non-hydrogen) atoms. The second kappa shape index (κ2) is 8.18. The van der Waals surface area contributed by atoms with Crippen molar-refractivity contribution in [3.63, 3.8) is 0 Å². The van der Waals surface area contributed by atoms with Crippen LogP contribution in [0.5, 0.6) is 11.5 Å². The summed E-state index contributed by atoms with van der Waals surface area (Å²) in [5, 5.41) is 0. The maximum atomic E-state index is 13.3. The number of ether oxygens (including phenoxy) is 3. The number of nitrogens with zero attached hydrogens (tertiary/aromatic N) is 1. The van der Waals surface area contributed by atoms with E-state index in [9.17, 15) is 14.0 Å². The molecule has 1 aliphatic rings. The van der Waals surface area contributed by atoms with Gasteiger partial charge >= 0.3 is 5.97 Å². The fraction of sp³-hybridized carbons (Fsp3) is 0.182. The molecule has 0 bridgehead atoms. The van der Waals surface area contributed by atoms with Crippen LogP contribution in [0.2, 0.25) is 0 Å². The first kappa shape index (κ1) is 20.1.